The minimum absolute atomic E-state index is 0.102. The van der Waals surface area contributed by atoms with Crippen LogP contribution in [0.2, 0.25) is 0 Å². The predicted molar refractivity (Wildman–Crippen MR) is 98.4 cm³/mol. The van der Waals surface area contributed by atoms with Crippen LogP contribution in [-0.2, 0) is 4.79 Å². The lowest BCUT2D eigenvalue weighted by atomic mass is 10.1. The number of anilines is 1. The Morgan fingerprint density at radius 1 is 1.20 bits per heavy atom. The molecule has 0 bridgehead atoms. The number of hydrogen-bond donors (Lipinski definition) is 1. The first kappa shape index (κ1) is 17.2. The minimum atomic E-state index is -0.971. The second kappa shape index (κ2) is 6.00. The van der Waals surface area contributed by atoms with Crippen molar-refractivity contribution in [2.24, 2.45) is 0 Å². The Morgan fingerprint density at radius 3 is 2.48 bits per heavy atom. The summed E-state index contributed by atoms with van der Waals surface area (Å²) < 4.78 is 1.86. The Bertz CT molecular complexity index is 966. The van der Waals surface area contributed by atoms with Crippen molar-refractivity contribution in [1.29, 1.82) is 0 Å². The number of amides is 1. The summed E-state index contributed by atoms with van der Waals surface area (Å²) in [5, 5.41) is 9.20. The van der Waals surface area contributed by atoms with Gasteiger partial charge in [0.1, 0.15) is 22.0 Å². The number of nitrogens with zero attached hydrogens (tertiary/aromatic N) is 3. The summed E-state index contributed by atoms with van der Waals surface area (Å²) in [6, 6.07) is 8.91. The highest BCUT2D eigenvalue weighted by molar-refractivity contribution is 7.17. The maximum Gasteiger partial charge on any atom is 0.345 e. The maximum absolute atomic E-state index is 12.4. The minimum Gasteiger partial charge on any atom is -0.477 e. The van der Waals surface area contributed by atoms with E-state index in [4.69, 9.17) is 0 Å². The van der Waals surface area contributed by atoms with Crippen LogP contribution in [0.4, 0.5) is 5.82 Å². The maximum atomic E-state index is 12.4. The van der Waals surface area contributed by atoms with Crippen molar-refractivity contribution >= 4 is 34.7 Å². The number of carbonyl (C=O) groups excluding carboxylic acids is 1. The van der Waals surface area contributed by atoms with Gasteiger partial charge < -0.3 is 5.11 Å². The average molecular weight is 357 g/mol. The van der Waals surface area contributed by atoms with Crippen molar-refractivity contribution in [1.82, 2.24) is 9.38 Å². The fraction of sp³-hybridized carbons (Fsp3) is 0.278. The van der Waals surface area contributed by atoms with Gasteiger partial charge in [-0.15, -0.1) is 11.3 Å². The summed E-state index contributed by atoms with van der Waals surface area (Å²) in [6.45, 7) is 7.39. The molecule has 1 amide bonds. The third-order valence-corrected chi connectivity index (χ3v) is 4.83. The van der Waals surface area contributed by atoms with Crippen LogP contribution >= 0.6 is 11.3 Å². The molecule has 0 atom stereocenters. The molecule has 3 aromatic rings. The lowest BCUT2D eigenvalue weighted by Gasteiger charge is -2.34. The largest absolute Gasteiger partial charge is 0.477 e. The molecule has 7 heteroatoms. The van der Waals surface area contributed by atoms with Crippen LogP contribution in [-0.4, -0.2) is 31.9 Å². The van der Waals surface area contributed by atoms with Gasteiger partial charge in [-0.1, -0.05) is 6.07 Å². The summed E-state index contributed by atoms with van der Waals surface area (Å²) in [4.78, 5) is 31.0. The van der Waals surface area contributed by atoms with Crippen LogP contribution in [0.5, 0.6) is 0 Å². The molecule has 0 saturated carbocycles. The average Bonchev–Trinajstić information content (AvgIpc) is 3.11. The number of aromatic carboxylic acids is 1. The molecule has 0 aliphatic rings. The number of hydrogen-bond acceptors (Lipinski definition) is 4. The molecule has 0 unspecified atom stereocenters. The quantitative estimate of drug-likeness (QED) is 0.771. The zero-order chi connectivity index (χ0) is 18.4. The van der Waals surface area contributed by atoms with E-state index in [-0.39, 0.29) is 10.8 Å². The molecule has 1 N–H and O–H groups in total. The molecule has 3 rings (SSSR count). The van der Waals surface area contributed by atoms with Crippen molar-refractivity contribution in [3.63, 3.8) is 0 Å². The van der Waals surface area contributed by atoms with Crippen molar-refractivity contribution < 1.29 is 14.7 Å². The molecule has 0 radical (unpaired) electrons. The van der Waals surface area contributed by atoms with Crippen molar-refractivity contribution in [2.75, 3.05) is 4.90 Å². The van der Waals surface area contributed by atoms with E-state index in [1.165, 1.54) is 6.92 Å². The highest BCUT2D eigenvalue weighted by atomic mass is 32.1. The number of carboxylic acids is 1. The van der Waals surface area contributed by atoms with Gasteiger partial charge in [0.05, 0.1) is 4.88 Å². The van der Waals surface area contributed by atoms with Crippen molar-refractivity contribution in [3.05, 3.63) is 41.4 Å². The van der Waals surface area contributed by atoms with Gasteiger partial charge in [-0.2, -0.15) is 0 Å². The number of pyridine rings is 1. The molecule has 0 saturated heterocycles. The summed E-state index contributed by atoms with van der Waals surface area (Å²) in [5.41, 5.74) is 0.848. The number of thiophene rings is 1. The van der Waals surface area contributed by atoms with Crippen molar-refractivity contribution in [2.45, 2.75) is 33.2 Å². The van der Waals surface area contributed by atoms with Crippen LogP contribution < -0.4 is 4.90 Å². The van der Waals surface area contributed by atoms with E-state index >= 15 is 0 Å². The standard InChI is InChI=1S/C18H19N3O3S/c1-11(22)21(18(2,3)4)16-15(12-8-9-13(25-12)17(23)24)19-14-7-5-6-10-20(14)16/h5-10H,1-4H3,(H,23,24). The van der Waals surface area contributed by atoms with Gasteiger partial charge in [-0.25, -0.2) is 9.78 Å². The molecule has 3 aromatic heterocycles. The van der Waals surface area contributed by atoms with E-state index < -0.39 is 11.5 Å². The third kappa shape index (κ3) is 3.02. The molecule has 3 heterocycles. The third-order valence-electron chi connectivity index (χ3n) is 3.75. The fourth-order valence-electron chi connectivity index (χ4n) is 2.88. The highest BCUT2D eigenvalue weighted by Gasteiger charge is 2.32. The SMILES string of the molecule is CC(=O)N(c1c(-c2ccc(C(=O)O)s2)nc2ccccn12)C(C)(C)C. The van der Waals surface area contributed by atoms with E-state index in [0.29, 0.717) is 22.0 Å². The Labute approximate surface area is 149 Å². The number of carboxylic acid groups (broad SMARTS) is 1. The number of rotatable bonds is 3. The molecule has 130 valence electrons. The van der Waals surface area contributed by atoms with E-state index in [0.717, 1.165) is 11.3 Å². The van der Waals surface area contributed by atoms with Crippen LogP contribution in [0.1, 0.15) is 37.4 Å². The first-order valence-electron chi connectivity index (χ1n) is 7.81. The molecule has 0 spiro atoms. The van der Waals surface area contributed by atoms with Gasteiger partial charge in [0.2, 0.25) is 5.91 Å². The van der Waals surface area contributed by atoms with Gasteiger partial charge in [-0.05, 0) is 45.0 Å². The van der Waals surface area contributed by atoms with Gasteiger partial charge in [-0.3, -0.25) is 14.1 Å². The van der Waals surface area contributed by atoms with Crippen LogP contribution in [0.25, 0.3) is 16.2 Å². The number of carbonyl (C=O) groups is 2. The van der Waals surface area contributed by atoms with E-state index in [1.54, 1.807) is 17.0 Å². The fourth-order valence-corrected chi connectivity index (χ4v) is 3.71. The first-order valence-corrected chi connectivity index (χ1v) is 8.63. The number of aromatic nitrogens is 2. The Kier molecular flexibility index (Phi) is 4.12. The summed E-state index contributed by atoms with van der Waals surface area (Å²) in [5.74, 6) is -0.426. The lowest BCUT2D eigenvalue weighted by molar-refractivity contribution is -0.117. The number of imidazole rings is 1. The van der Waals surface area contributed by atoms with E-state index in [2.05, 4.69) is 4.98 Å². The van der Waals surface area contributed by atoms with Crippen LogP contribution in [0.15, 0.2) is 36.5 Å². The molecule has 0 aromatic carbocycles. The van der Waals surface area contributed by atoms with Gasteiger partial charge in [0.25, 0.3) is 0 Å². The van der Waals surface area contributed by atoms with Gasteiger partial charge >= 0.3 is 5.97 Å². The monoisotopic (exact) mass is 357 g/mol. The molecule has 0 aliphatic carbocycles. The number of fused-ring (bicyclic) bond motifs is 1. The zero-order valence-electron chi connectivity index (χ0n) is 14.5. The Hall–Kier alpha value is -2.67. The normalized spacial score (nSPS) is 11.7. The first-order chi connectivity index (χ1) is 11.7. The summed E-state index contributed by atoms with van der Waals surface area (Å²) in [7, 11) is 0. The van der Waals surface area contributed by atoms with Crippen molar-refractivity contribution in [3.8, 4) is 10.6 Å². The Balaban J connectivity index is 2.31. The molecule has 25 heavy (non-hydrogen) atoms. The van der Waals surface area contributed by atoms with Gasteiger partial charge in [0.15, 0.2) is 0 Å². The Morgan fingerprint density at radius 2 is 1.92 bits per heavy atom. The molecule has 0 aliphatic heterocycles. The molecule has 0 fully saturated rings. The van der Waals surface area contributed by atoms with Crippen LogP contribution in [0.3, 0.4) is 0 Å². The topological polar surface area (TPSA) is 74.9 Å². The highest BCUT2D eigenvalue weighted by Crippen LogP contribution is 2.38. The second-order valence-corrected chi connectivity index (χ2v) is 7.79. The molecular formula is C18H19N3O3S. The second-order valence-electron chi connectivity index (χ2n) is 6.71. The predicted octanol–water partition coefficient (Wildman–Crippen LogP) is 3.91. The zero-order valence-corrected chi connectivity index (χ0v) is 15.3. The lowest BCUT2D eigenvalue weighted by Crippen LogP contribution is -2.45. The molecule has 6 nitrogen and oxygen atoms in total. The van der Waals surface area contributed by atoms with E-state index in [9.17, 15) is 14.7 Å². The summed E-state index contributed by atoms with van der Waals surface area (Å²) in [6.07, 6.45) is 1.86. The molecular weight excluding hydrogens is 338 g/mol. The van der Waals surface area contributed by atoms with Crippen LogP contribution in [0, 0.1) is 0 Å². The smallest absolute Gasteiger partial charge is 0.345 e. The van der Waals surface area contributed by atoms with Gasteiger partial charge in [0, 0.05) is 18.7 Å². The summed E-state index contributed by atoms with van der Waals surface area (Å²) >= 11 is 1.15. The van der Waals surface area contributed by atoms with E-state index in [1.807, 2.05) is 49.6 Å².